The third-order valence-electron chi connectivity index (χ3n) is 4.73. The molecule has 1 fully saturated rings. The van der Waals surface area contributed by atoms with Crippen LogP contribution in [0.1, 0.15) is 6.42 Å². The van der Waals surface area contributed by atoms with Crippen LogP contribution < -0.4 is 10.3 Å². The minimum atomic E-state index is -0.141. The van der Waals surface area contributed by atoms with Crippen LogP contribution in [0, 0.1) is 0 Å². The normalized spacial score (nSPS) is 15.1. The summed E-state index contributed by atoms with van der Waals surface area (Å²) < 4.78 is 11.4. The summed E-state index contributed by atoms with van der Waals surface area (Å²) >= 11 is 0. The summed E-state index contributed by atoms with van der Waals surface area (Å²) in [6.45, 7) is 5.20. The van der Waals surface area contributed by atoms with Crippen LogP contribution in [0.25, 0.3) is 22.3 Å². The highest BCUT2D eigenvalue weighted by molar-refractivity contribution is 5.80. The van der Waals surface area contributed by atoms with Gasteiger partial charge < -0.3 is 14.5 Å². The summed E-state index contributed by atoms with van der Waals surface area (Å²) in [6, 6.07) is 15.0. The van der Waals surface area contributed by atoms with E-state index in [2.05, 4.69) is 14.9 Å². The van der Waals surface area contributed by atoms with Crippen molar-refractivity contribution >= 4 is 10.9 Å². The fourth-order valence-corrected chi connectivity index (χ4v) is 3.30. The first-order valence-corrected chi connectivity index (χ1v) is 9.32. The second kappa shape index (κ2) is 8.33. The van der Waals surface area contributed by atoms with Gasteiger partial charge in [-0.2, -0.15) is 0 Å². The number of aromatic nitrogens is 2. The van der Waals surface area contributed by atoms with Crippen molar-refractivity contribution in [1.29, 1.82) is 0 Å². The van der Waals surface area contributed by atoms with Crippen LogP contribution in [0.3, 0.4) is 0 Å². The monoisotopic (exact) mass is 365 g/mol. The van der Waals surface area contributed by atoms with Gasteiger partial charge in [0.25, 0.3) is 5.56 Å². The van der Waals surface area contributed by atoms with E-state index in [1.807, 2.05) is 42.5 Å². The van der Waals surface area contributed by atoms with Crippen LogP contribution >= 0.6 is 0 Å². The Morgan fingerprint density at radius 1 is 1.07 bits per heavy atom. The number of hydrogen-bond acceptors (Lipinski definition) is 5. The first-order chi connectivity index (χ1) is 13.3. The Hall–Kier alpha value is -2.70. The minimum absolute atomic E-state index is 0.141. The van der Waals surface area contributed by atoms with Crippen molar-refractivity contribution < 1.29 is 9.47 Å². The predicted molar refractivity (Wildman–Crippen MR) is 105 cm³/mol. The first-order valence-electron chi connectivity index (χ1n) is 9.32. The lowest BCUT2D eigenvalue weighted by atomic mass is 10.1. The molecule has 0 saturated carbocycles. The molecule has 1 aliphatic heterocycles. The van der Waals surface area contributed by atoms with E-state index in [0.29, 0.717) is 23.3 Å². The molecule has 0 aliphatic carbocycles. The molecule has 1 saturated heterocycles. The van der Waals surface area contributed by atoms with Gasteiger partial charge in [-0.25, -0.2) is 4.98 Å². The molecule has 0 spiro atoms. The van der Waals surface area contributed by atoms with Crippen molar-refractivity contribution in [1.82, 2.24) is 14.9 Å². The summed E-state index contributed by atoms with van der Waals surface area (Å²) in [7, 11) is 0. The second-order valence-electron chi connectivity index (χ2n) is 6.58. The number of fused-ring (bicyclic) bond motifs is 1. The molecule has 6 nitrogen and oxygen atoms in total. The fourth-order valence-electron chi connectivity index (χ4n) is 3.30. The third kappa shape index (κ3) is 4.18. The molecule has 0 atom stereocenters. The van der Waals surface area contributed by atoms with Gasteiger partial charge in [0.1, 0.15) is 11.6 Å². The summed E-state index contributed by atoms with van der Waals surface area (Å²) in [5.74, 6) is 1.26. The number of morpholine rings is 1. The van der Waals surface area contributed by atoms with Gasteiger partial charge in [0.2, 0.25) is 0 Å². The lowest BCUT2D eigenvalue weighted by Gasteiger charge is -2.26. The molecule has 1 aromatic heterocycles. The van der Waals surface area contributed by atoms with Crippen molar-refractivity contribution in [2.75, 3.05) is 39.5 Å². The van der Waals surface area contributed by atoms with Gasteiger partial charge in [0.15, 0.2) is 0 Å². The van der Waals surface area contributed by atoms with Crippen molar-refractivity contribution in [3.05, 3.63) is 58.9 Å². The van der Waals surface area contributed by atoms with Crippen LogP contribution in [0.15, 0.2) is 53.3 Å². The van der Waals surface area contributed by atoms with Gasteiger partial charge in [-0.1, -0.05) is 24.3 Å². The number of aromatic amines is 1. The molecule has 0 bridgehead atoms. The predicted octanol–water partition coefficient (Wildman–Crippen LogP) is 2.69. The Kier molecular flexibility index (Phi) is 5.46. The van der Waals surface area contributed by atoms with Crippen molar-refractivity contribution in [3.8, 4) is 17.1 Å². The van der Waals surface area contributed by atoms with Crippen molar-refractivity contribution in [2.24, 2.45) is 0 Å². The minimum Gasteiger partial charge on any atom is -0.493 e. The zero-order chi connectivity index (χ0) is 18.5. The molecular formula is C21H23N3O3. The maximum absolute atomic E-state index is 12.4. The summed E-state index contributed by atoms with van der Waals surface area (Å²) in [5, 5.41) is 0.588. The Morgan fingerprint density at radius 2 is 1.85 bits per heavy atom. The Labute approximate surface area is 157 Å². The Bertz CT molecular complexity index is 964. The molecular weight excluding hydrogens is 342 g/mol. The maximum Gasteiger partial charge on any atom is 0.259 e. The van der Waals surface area contributed by atoms with Crippen molar-refractivity contribution in [3.63, 3.8) is 0 Å². The highest BCUT2D eigenvalue weighted by Crippen LogP contribution is 2.27. The smallest absolute Gasteiger partial charge is 0.259 e. The molecule has 1 aliphatic rings. The van der Waals surface area contributed by atoms with E-state index < -0.39 is 0 Å². The number of hydrogen-bond donors (Lipinski definition) is 1. The number of rotatable bonds is 6. The quantitative estimate of drug-likeness (QED) is 0.680. The number of nitrogens with zero attached hydrogens (tertiary/aromatic N) is 2. The average molecular weight is 365 g/mol. The van der Waals surface area contributed by atoms with E-state index >= 15 is 0 Å². The SMILES string of the molecule is O=c1[nH]c(-c2ccccc2OCCCN2CCOCC2)nc2ccccc12. The molecule has 27 heavy (non-hydrogen) atoms. The van der Waals surface area contributed by atoms with Gasteiger partial charge in [-0.3, -0.25) is 9.69 Å². The lowest BCUT2D eigenvalue weighted by molar-refractivity contribution is 0.0358. The highest BCUT2D eigenvalue weighted by atomic mass is 16.5. The zero-order valence-corrected chi connectivity index (χ0v) is 15.2. The first kappa shape index (κ1) is 17.7. The summed E-state index contributed by atoms with van der Waals surface area (Å²) in [4.78, 5) is 22.2. The number of H-pyrrole nitrogens is 1. The van der Waals surface area contributed by atoms with Crippen molar-refractivity contribution in [2.45, 2.75) is 6.42 Å². The molecule has 4 rings (SSSR count). The highest BCUT2D eigenvalue weighted by Gasteiger charge is 2.12. The summed E-state index contributed by atoms with van der Waals surface area (Å²) in [5.41, 5.74) is 1.34. The van der Waals surface area contributed by atoms with Crippen LogP contribution in [0.5, 0.6) is 5.75 Å². The molecule has 140 valence electrons. The van der Waals surface area contributed by atoms with Gasteiger partial charge in [0.05, 0.1) is 36.3 Å². The number of nitrogens with one attached hydrogen (secondary N) is 1. The maximum atomic E-state index is 12.4. The number of para-hydroxylation sites is 2. The van der Waals surface area contributed by atoms with E-state index in [4.69, 9.17) is 9.47 Å². The Balaban J connectivity index is 1.49. The fraction of sp³-hybridized carbons (Fsp3) is 0.333. The van der Waals surface area contributed by atoms with Crippen LogP contribution in [-0.2, 0) is 4.74 Å². The molecule has 6 heteroatoms. The standard InChI is InChI=1S/C21H23N3O3/c25-21-16-6-1-3-8-18(16)22-20(23-21)17-7-2-4-9-19(17)27-13-5-10-24-11-14-26-15-12-24/h1-4,6-9H,5,10-15H2,(H,22,23,25). The van der Waals surface area contributed by atoms with E-state index in [1.54, 1.807) is 6.07 Å². The van der Waals surface area contributed by atoms with Crippen LogP contribution in [0.4, 0.5) is 0 Å². The van der Waals surface area contributed by atoms with Gasteiger partial charge >= 0.3 is 0 Å². The van der Waals surface area contributed by atoms with Crippen LogP contribution in [-0.4, -0.2) is 54.3 Å². The van der Waals surface area contributed by atoms with E-state index in [0.717, 1.165) is 50.6 Å². The van der Waals surface area contributed by atoms with E-state index in [-0.39, 0.29) is 5.56 Å². The topological polar surface area (TPSA) is 67.5 Å². The number of ether oxygens (including phenoxy) is 2. The van der Waals surface area contributed by atoms with E-state index in [9.17, 15) is 4.79 Å². The average Bonchev–Trinajstić information content (AvgIpc) is 2.72. The largest absolute Gasteiger partial charge is 0.493 e. The Morgan fingerprint density at radius 3 is 2.74 bits per heavy atom. The van der Waals surface area contributed by atoms with Gasteiger partial charge in [-0.05, 0) is 30.7 Å². The molecule has 3 aromatic rings. The summed E-state index contributed by atoms with van der Waals surface area (Å²) in [6.07, 6.45) is 0.940. The van der Waals surface area contributed by atoms with Gasteiger partial charge in [-0.15, -0.1) is 0 Å². The molecule has 0 radical (unpaired) electrons. The molecule has 0 amide bonds. The third-order valence-corrected chi connectivity index (χ3v) is 4.73. The molecule has 1 N–H and O–H groups in total. The zero-order valence-electron chi connectivity index (χ0n) is 15.2. The molecule has 2 aromatic carbocycles. The molecule has 2 heterocycles. The van der Waals surface area contributed by atoms with E-state index in [1.165, 1.54) is 0 Å². The molecule has 0 unspecified atom stereocenters. The second-order valence-corrected chi connectivity index (χ2v) is 6.58. The van der Waals surface area contributed by atoms with Crippen LogP contribution in [0.2, 0.25) is 0 Å². The lowest BCUT2D eigenvalue weighted by Crippen LogP contribution is -2.37. The number of benzene rings is 2. The van der Waals surface area contributed by atoms with Gasteiger partial charge in [0, 0.05) is 19.6 Å².